The predicted molar refractivity (Wildman–Crippen MR) is 82.4 cm³/mol. The maximum absolute atomic E-state index is 6.13. The molecule has 1 aliphatic heterocycles. The highest BCUT2D eigenvalue weighted by Gasteiger charge is 2.27. The number of hydrogen-bond donors (Lipinski definition) is 2. The van der Waals surface area contributed by atoms with Gasteiger partial charge < -0.3 is 15.4 Å². The molecule has 1 aliphatic rings. The van der Waals surface area contributed by atoms with Crippen LogP contribution in [0, 0.1) is 0 Å². The average molecular weight is 287 g/mol. The van der Waals surface area contributed by atoms with Crippen LogP contribution in [0.3, 0.4) is 0 Å². The molecule has 0 aliphatic carbocycles. The summed E-state index contributed by atoms with van der Waals surface area (Å²) in [6.45, 7) is 3.09. The van der Waals surface area contributed by atoms with Crippen molar-refractivity contribution in [1.29, 1.82) is 0 Å². The smallest absolute Gasteiger partial charge is 0.245 e. The number of nitrogens with two attached hydrogens (primary N) is 1. The Morgan fingerprint density at radius 2 is 2.10 bits per heavy atom. The van der Waals surface area contributed by atoms with Crippen LogP contribution in [0.2, 0.25) is 0 Å². The van der Waals surface area contributed by atoms with Crippen molar-refractivity contribution >= 4 is 5.95 Å². The highest BCUT2D eigenvalue weighted by Crippen LogP contribution is 2.24. The summed E-state index contributed by atoms with van der Waals surface area (Å²) < 4.78 is 5.16. The van der Waals surface area contributed by atoms with E-state index in [1.807, 2.05) is 24.3 Å². The van der Waals surface area contributed by atoms with Gasteiger partial charge in [-0.15, -0.1) is 5.10 Å². The number of methoxy groups -OCH3 is 1. The molecular weight excluding hydrogens is 266 g/mol. The lowest BCUT2D eigenvalue weighted by Gasteiger charge is -2.36. The van der Waals surface area contributed by atoms with E-state index in [0.29, 0.717) is 0 Å². The number of aromatic amines is 1. The first kappa shape index (κ1) is 13.9. The van der Waals surface area contributed by atoms with Gasteiger partial charge in [-0.1, -0.05) is 0 Å². The highest BCUT2D eigenvalue weighted by atomic mass is 16.5. The lowest BCUT2D eigenvalue weighted by atomic mass is 9.99. The van der Waals surface area contributed by atoms with E-state index in [1.165, 1.54) is 0 Å². The summed E-state index contributed by atoms with van der Waals surface area (Å²) in [4.78, 5) is 6.79. The molecule has 1 aromatic carbocycles. The molecule has 6 heteroatoms. The van der Waals surface area contributed by atoms with Crippen molar-refractivity contribution in [3.63, 3.8) is 0 Å². The molecule has 6 nitrogen and oxygen atoms in total. The summed E-state index contributed by atoms with van der Waals surface area (Å²) >= 11 is 0. The van der Waals surface area contributed by atoms with Gasteiger partial charge in [0.15, 0.2) is 5.82 Å². The second kappa shape index (κ2) is 5.73. The van der Waals surface area contributed by atoms with E-state index in [0.717, 1.165) is 42.5 Å². The van der Waals surface area contributed by atoms with Crippen molar-refractivity contribution in [3.8, 4) is 17.1 Å². The molecule has 0 bridgehead atoms. The van der Waals surface area contributed by atoms with Gasteiger partial charge in [-0.3, -0.25) is 5.10 Å². The molecule has 2 heterocycles. The van der Waals surface area contributed by atoms with Gasteiger partial charge in [0.05, 0.1) is 7.11 Å². The van der Waals surface area contributed by atoms with Crippen LogP contribution in [0.25, 0.3) is 11.4 Å². The Hall–Kier alpha value is -2.08. The van der Waals surface area contributed by atoms with Crippen LogP contribution < -0.4 is 15.4 Å². The zero-order valence-corrected chi connectivity index (χ0v) is 12.4. The molecule has 0 radical (unpaired) electrons. The van der Waals surface area contributed by atoms with E-state index >= 15 is 0 Å². The van der Waals surface area contributed by atoms with Gasteiger partial charge in [0.25, 0.3) is 0 Å². The first-order chi connectivity index (χ1) is 10.2. The van der Waals surface area contributed by atoms with Crippen LogP contribution in [0.4, 0.5) is 5.95 Å². The molecular formula is C15H21N5O. The average Bonchev–Trinajstić information content (AvgIpc) is 3.00. The molecule has 2 atom stereocenters. The molecule has 1 aromatic heterocycles. The molecule has 2 unspecified atom stereocenters. The van der Waals surface area contributed by atoms with Crippen LogP contribution in [0.1, 0.15) is 19.8 Å². The van der Waals surface area contributed by atoms with Crippen LogP contribution >= 0.6 is 0 Å². The zero-order chi connectivity index (χ0) is 14.8. The molecule has 21 heavy (non-hydrogen) atoms. The summed E-state index contributed by atoms with van der Waals surface area (Å²) in [5.74, 6) is 2.32. The van der Waals surface area contributed by atoms with Gasteiger partial charge in [-0.05, 0) is 44.0 Å². The van der Waals surface area contributed by atoms with E-state index < -0.39 is 0 Å². The number of ether oxygens (including phenoxy) is 1. The molecule has 2 aromatic rings. The fourth-order valence-electron chi connectivity index (χ4n) is 2.71. The standard InChI is InChI=1S/C15H21N5O/c1-10-13(16)4-3-9-20(10)15-17-14(18-19-15)11-5-7-12(21-2)8-6-11/h5-8,10,13H,3-4,9,16H2,1-2H3,(H,17,18,19). The van der Waals surface area contributed by atoms with E-state index in [1.54, 1.807) is 7.11 Å². The van der Waals surface area contributed by atoms with Gasteiger partial charge in [-0.2, -0.15) is 4.98 Å². The third-order valence-electron chi connectivity index (χ3n) is 4.14. The van der Waals surface area contributed by atoms with E-state index in [2.05, 4.69) is 27.0 Å². The Morgan fingerprint density at radius 3 is 2.81 bits per heavy atom. The van der Waals surface area contributed by atoms with Crippen molar-refractivity contribution in [1.82, 2.24) is 15.2 Å². The van der Waals surface area contributed by atoms with Crippen molar-refractivity contribution in [2.45, 2.75) is 31.8 Å². The van der Waals surface area contributed by atoms with Gasteiger partial charge in [0.2, 0.25) is 5.95 Å². The lowest BCUT2D eigenvalue weighted by Crippen LogP contribution is -2.50. The number of rotatable bonds is 3. The molecule has 3 N–H and O–H groups in total. The van der Waals surface area contributed by atoms with Gasteiger partial charge >= 0.3 is 0 Å². The zero-order valence-electron chi connectivity index (χ0n) is 12.4. The van der Waals surface area contributed by atoms with Crippen LogP contribution in [0.5, 0.6) is 5.75 Å². The molecule has 1 saturated heterocycles. The maximum atomic E-state index is 6.13. The number of aromatic nitrogens is 3. The number of hydrogen-bond acceptors (Lipinski definition) is 5. The van der Waals surface area contributed by atoms with E-state index in [9.17, 15) is 0 Å². The molecule has 112 valence electrons. The SMILES string of the molecule is COc1ccc(-c2nc(N3CCCC(N)C3C)n[nH]2)cc1. The Balaban J connectivity index is 1.82. The quantitative estimate of drug-likeness (QED) is 0.899. The first-order valence-corrected chi connectivity index (χ1v) is 7.28. The summed E-state index contributed by atoms with van der Waals surface area (Å²) in [6, 6.07) is 8.21. The number of nitrogens with one attached hydrogen (secondary N) is 1. The minimum Gasteiger partial charge on any atom is -0.497 e. The second-order valence-corrected chi connectivity index (χ2v) is 5.45. The summed E-state index contributed by atoms with van der Waals surface area (Å²) in [5.41, 5.74) is 7.12. The van der Waals surface area contributed by atoms with Crippen molar-refractivity contribution < 1.29 is 4.74 Å². The maximum Gasteiger partial charge on any atom is 0.245 e. The normalized spacial score (nSPS) is 22.3. The molecule has 1 fully saturated rings. The summed E-state index contributed by atoms with van der Waals surface area (Å²) in [6.07, 6.45) is 2.14. The molecule has 0 amide bonds. The van der Waals surface area contributed by atoms with Gasteiger partial charge in [0.1, 0.15) is 5.75 Å². The number of nitrogens with zero attached hydrogens (tertiary/aromatic N) is 3. The molecule has 3 rings (SSSR count). The number of benzene rings is 1. The van der Waals surface area contributed by atoms with E-state index in [4.69, 9.17) is 10.5 Å². The first-order valence-electron chi connectivity index (χ1n) is 7.28. The predicted octanol–water partition coefficient (Wildman–Crippen LogP) is 1.80. The summed E-state index contributed by atoms with van der Waals surface area (Å²) in [7, 11) is 1.66. The largest absolute Gasteiger partial charge is 0.497 e. The number of piperidine rings is 1. The van der Waals surface area contributed by atoms with Gasteiger partial charge in [-0.25, -0.2) is 0 Å². The number of H-pyrrole nitrogens is 1. The van der Waals surface area contributed by atoms with Crippen LogP contribution in [-0.2, 0) is 0 Å². The highest BCUT2D eigenvalue weighted by molar-refractivity contribution is 5.57. The Bertz CT molecular complexity index is 594. The summed E-state index contributed by atoms with van der Waals surface area (Å²) in [5, 5.41) is 7.35. The number of anilines is 1. The van der Waals surface area contributed by atoms with Crippen LogP contribution in [-0.4, -0.2) is 40.9 Å². The van der Waals surface area contributed by atoms with Crippen LogP contribution in [0.15, 0.2) is 24.3 Å². The minimum absolute atomic E-state index is 0.182. The Labute approximate surface area is 124 Å². The van der Waals surface area contributed by atoms with Crippen molar-refractivity contribution in [2.75, 3.05) is 18.6 Å². The fraction of sp³-hybridized carbons (Fsp3) is 0.467. The van der Waals surface area contributed by atoms with Crippen molar-refractivity contribution in [3.05, 3.63) is 24.3 Å². The Morgan fingerprint density at radius 1 is 1.33 bits per heavy atom. The molecule has 0 spiro atoms. The van der Waals surface area contributed by atoms with Crippen molar-refractivity contribution in [2.24, 2.45) is 5.73 Å². The second-order valence-electron chi connectivity index (χ2n) is 5.45. The van der Waals surface area contributed by atoms with E-state index in [-0.39, 0.29) is 12.1 Å². The Kier molecular flexibility index (Phi) is 3.79. The topological polar surface area (TPSA) is 80.1 Å². The lowest BCUT2D eigenvalue weighted by molar-refractivity contribution is 0.415. The monoisotopic (exact) mass is 287 g/mol. The molecule has 0 saturated carbocycles. The fourth-order valence-corrected chi connectivity index (χ4v) is 2.71. The minimum atomic E-state index is 0.182. The third kappa shape index (κ3) is 2.71. The third-order valence-corrected chi connectivity index (χ3v) is 4.14. The van der Waals surface area contributed by atoms with Gasteiger partial charge in [0, 0.05) is 24.2 Å².